The molecule has 0 aromatic heterocycles. The summed E-state index contributed by atoms with van der Waals surface area (Å²) in [6.45, 7) is 6.11. The molecule has 1 N–H and O–H groups in total. The number of nitrogens with one attached hydrogen (secondary N) is 1. The summed E-state index contributed by atoms with van der Waals surface area (Å²) in [6, 6.07) is 6.89. The van der Waals surface area contributed by atoms with Crippen LogP contribution in [0, 0.1) is 13.8 Å². The highest BCUT2D eigenvalue weighted by molar-refractivity contribution is 5.35. The van der Waals surface area contributed by atoms with Crippen molar-refractivity contribution in [3.8, 4) is 5.75 Å². The smallest absolute Gasteiger partial charge is 0.122 e. The lowest BCUT2D eigenvalue weighted by Gasteiger charge is -2.27. The summed E-state index contributed by atoms with van der Waals surface area (Å²) in [4.78, 5) is 0. The third-order valence-corrected chi connectivity index (χ3v) is 2.71. The zero-order valence-electron chi connectivity index (χ0n) is 8.84. The molecule has 1 aliphatic heterocycles. The van der Waals surface area contributed by atoms with Crippen LogP contribution in [0.15, 0.2) is 18.2 Å². The summed E-state index contributed by atoms with van der Waals surface area (Å²) in [5.41, 5.74) is 2.47. The minimum atomic E-state index is 0.565. The quantitative estimate of drug-likeness (QED) is 0.789. The standard InChI is InChI=1S/C12H17NO/c1-9-3-4-10(2)12(7-9)14-8-11-5-6-13-11/h3-4,7,11,13H,5-6,8H2,1-2H3. The first kappa shape index (κ1) is 9.53. The van der Waals surface area contributed by atoms with Gasteiger partial charge in [-0.05, 0) is 44.0 Å². The first-order chi connectivity index (χ1) is 6.75. The normalized spacial score (nSPS) is 20.3. The molecule has 0 bridgehead atoms. The second-order valence-corrected chi connectivity index (χ2v) is 4.02. The topological polar surface area (TPSA) is 21.3 Å². The Morgan fingerprint density at radius 2 is 2.21 bits per heavy atom. The van der Waals surface area contributed by atoms with Crippen molar-refractivity contribution >= 4 is 0 Å². The Morgan fingerprint density at radius 1 is 1.43 bits per heavy atom. The van der Waals surface area contributed by atoms with Crippen LogP contribution >= 0.6 is 0 Å². The molecule has 1 heterocycles. The van der Waals surface area contributed by atoms with Crippen molar-refractivity contribution in [1.29, 1.82) is 0 Å². The van der Waals surface area contributed by atoms with Gasteiger partial charge in [0.25, 0.3) is 0 Å². The average molecular weight is 191 g/mol. The molecule has 0 saturated carbocycles. The van der Waals surface area contributed by atoms with E-state index >= 15 is 0 Å². The monoisotopic (exact) mass is 191 g/mol. The van der Waals surface area contributed by atoms with Gasteiger partial charge in [0.15, 0.2) is 0 Å². The second kappa shape index (κ2) is 4.01. The lowest BCUT2D eigenvalue weighted by Crippen LogP contribution is -2.46. The molecule has 14 heavy (non-hydrogen) atoms. The Hall–Kier alpha value is -1.02. The Kier molecular flexibility index (Phi) is 2.73. The molecule has 2 nitrogen and oxygen atoms in total. The summed E-state index contributed by atoms with van der Waals surface area (Å²) >= 11 is 0. The fraction of sp³-hybridized carbons (Fsp3) is 0.500. The van der Waals surface area contributed by atoms with Crippen molar-refractivity contribution in [3.63, 3.8) is 0 Å². The van der Waals surface area contributed by atoms with Gasteiger partial charge in [0, 0.05) is 6.04 Å². The van der Waals surface area contributed by atoms with Crippen molar-refractivity contribution in [1.82, 2.24) is 5.32 Å². The van der Waals surface area contributed by atoms with Crippen LogP contribution in [0.4, 0.5) is 0 Å². The number of rotatable bonds is 3. The van der Waals surface area contributed by atoms with E-state index in [9.17, 15) is 0 Å². The van der Waals surface area contributed by atoms with E-state index < -0.39 is 0 Å². The lowest BCUT2D eigenvalue weighted by molar-refractivity contribution is 0.216. The molecule has 1 unspecified atom stereocenters. The van der Waals surface area contributed by atoms with Gasteiger partial charge in [-0.15, -0.1) is 0 Å². The maximum atomic E-state index is 5.76. The highest BCUT2D eigenvalue weighted by atomic mass is 16.5. The van der Waals surface area contributed by atoms with Gasteiger partial charge in [-0.25, -0.2) is 0 Å². The Morgan fingerprint density at radius 3 is 2.86 bits per heavy atom. The van der Waals surface area contributed by atoms with Crippen LogP contribution in [0.3, 0.4) is 0 Å². The van der Waals surface area contributed by atoms with Crippen molar-refractivity contribution in [2.45, 2.75) is 26.3 Å². The zero-order chi connectivity index (χ0) is 9.97. The van der Waals surface area contributed by atoms with Crippen molar-refractivity contribution in [3.05, 3.63) is 29.3 Å². The zero-order valence-corrected chi connectivity index (χ0v) is 8.84. The maximum Gasteiger partial charge on any atom is 0.122 e. The lowest BCUT2D eigenvalue weighted by atomic mass is 10.1. The van der Waals surface area contributed by atoms with Gasteiger partial charge in [0.1, 0.15) is 12.4 Å². The van der Waals surface area contributed by atoms with Crippen LogP contribution in [-0.4, -0.2) is 19.2 Å². The van der Waals surface area contributed by atoms with Gasteiger partial charge in [-0.1, -0.05) is 12.1 Å². The molecule has 0 amide bonds. The van der Waals surface area contributed by atoms with Crippen LogP contribution in [-0.2, 0) is 0 Å². The van der Waals surface area contributed by atoms with Gasteiger partial charge in [-0.3, -0.25) is 0 Å². The molecule has 0 radical (unpaired) electrons. The molecule has 2 rings (SSSR count). The largest absolute Gasteiger partial charge is 0.492 e. The second-order valence-electron chi connectivity index (χ2n) is 4.02. The van der Waals surface area contributed by atoms with Gasteiger partial charge >= 0.3 is 0 Å². The van der Waals surface area contributed by atoms with E-state index in [4.69, 9.17) is 4.74 Å². The van der Waals surface area contributed by atoms with E-state index in [1.807, 2.05) is 0 Å². The number of ether oxygens (including phenoxy) is 1. The van der Waals surface area contributed by atoms with E-state index in [1.54, 1.807) is 0 Å². The summed E-state index contributed by atoms with van der Waals surface area (Å²) in [5.74, 6) is 1.03. The molecule has 1 aliphatic rings. The van der Waals surface area contributed by atoms with Gasteiger partial charge < -0.3 is 10.1 Å². The molecule has 76 valence electrons. The van der Waals surface area contributed by atoms with Crippen LogP contribution in [0.25, 0.3) is 0 Å². The van der Waals surface area contributed by atoms with Crippen LogP contribution in [0.1, 0.15) is 17.5 Å². The molecule has 1 fully saturated rings. The van der Waals surface area contributed by atoms with Crippen molar-refractivity contribution in [2.24, 2.45) is 0 Å². The summed E-state index contributed by atoms with van der Waals surface area (Å²) in [6.07, 6.45) is 1.24. The molecule has 2 heteroatoms. The minimum absolute atomic E-state index is 0.565. The third-order valence-electron chi connectivity index (χ3n) is 2.71. The third kappa shape index (κ3) is 2.07. The van der Waals surface area contributed by atoms with Crippen LogP contribution in [0.2, 0.25) is 0 Å². The van der Waals surface area contributed by atoms with E-state index in [1.165, 1.54) is 17.5 Å². The molecule has 1 aromatic carbocycles. The molecule has 1 atom stereocenters. The van der Waals surface area contributed by atoms with E-state index in [2.05, 4.69) is 37.4 Å². The number of aryl methyl sites for hydroxylation is 2. The van der Waals surface area contributed by atoms with E-state index in [-0.39, 0.29) is 0 Å². The number of hydrogen-bond acceptors (Lipinski definition) is 2. The molecular formula is C12H17NO. The summed E-state index contributed by atoms with van der Waals surface area (Å²) in [5, 5.41) is 3.32. The first-order valence-electron chi connectivity index (χ1n) is 5.19. The summed E-state index contributed by atoms with van der Waals surface area (Å²) < 4.78 is 5.76. The minimum Gasteiger partial charge on any atom is -0.492 e. The highest BCUT2D eigenvalue weighted by Gasteiger charge is 2.16. The van der Waals surface area contributed by atoms with Crippen LogP contribution in [0.5, 0.6) is 5.75 Å². The van der Waals surface area contributed by atoms with E-state index in [0.717, 1.165) is 18.9 Å². The fourth-order valence-corrected chi connectivity index (χ4v) is 1.54. The Balaban J connectivity index is 1.96. The SMILES string of the molecule is Cc1ccc(C)c(OCC2CCN2)c1. The molecule has 0 spiro atoms. The maximum absolute atomic E-state index is 5.76. The fourth-order valence-electron chi connectivity index (χ4n) is 1.54. The first-order valence-corrected chi connectivity index (χ1v) is 5.19. The predicted molar refractivity (Wildman–Crippen MR) is 57.8 cm³/mol. The Bertz CT molecular complexity index is 318. The predicted octanol–water partition coefficient (Wildman–Crippen LogP) is 2.04. The number of hydrogen-bond donors (Lipinski definition) is 1. The van der Waals surface area contributed by atoms with Crippen LogP contribution < -0.4 is 10.1 Å². The molecule has 1 saturated heterocycles. The molecule has 1 aromatic rings. The molecular weight excluding hydrogens is 174 g/mol. The Labute approximate surface area is 85.3 Å². The van der Waals surface area contributed by atoms with Gasteiger partial charge in [-0.2, -0.15) is 0 Å². The summed E-state index contributed by atoms with van der Waals surface area (Å²) in [7, 11) is 0. The highest BCUT2D eigenvalue weighted by Crippen LogP contribution is 2.19. The average Bonchev–Trinajstić information content (AvgIpc) is 2.08. The van der Waals surface area contributed by atoms with Gasteiger partial charge in [0.2, 0.25) is 0 Å². The van der Waals surface area contributed by atoms with Gasteiger partial charge in [0.05, 0.1) is 0 Å². The number of benzene rings is 1. The van der Waals surface area contributed by atoms with E-state index in [0.29, 0.717) is 6.04 Å². The van der Waals surface area contributed by atoms with Crippen molar-refractivity contribution in [2.75, 3.05) is 13.2 Å². The molecule has 0 aliphatic carbocycles. The van der Waals surface area contributed by atoms with Crippen molar-refractivity contribution < 1.29 is 4.74 Å².